The summed E-state index contributed by atoms with van der Waals surface area (Å²) in [6.07, 6.45) is -4.72. The Morgan fingerprint density at radius 2 is 1.95 bits per heavy atom. The minimum Gasteiger partial charge on any atom is -0.478 e. The van der Waals surface area contributed by atoms with Crippen molar-refractivity contribution in [2.24, 2.45) is 0 Å². The summed E-state index contributed by atoms with van der Waals surface area (Å²) in [4.78, 5) is 10.6. The van der Waals surface area contributed by atoms with Gasteiger partial charge in [-0.2, -0.15) is 13.2 Å². The summed E-state index contributed by atoms with van der Waals surface area (Å²) in [5, 5.41) is 10.8. The van der Waals surface area contributed by atoms with Crippen LogP contribution in [0.3, 0.4) is 0 Å². The van der Waals surface area contributed by atoms with E-state index in [0.29, 0.717) is 6.07 Å². The topological polar surface area (TPSA) is 75.4 Å². The number of benzene rings is 1. The largest absolute Gasteiger partial charge is 0.478 e. The van der Waals surface area contributed by atoms with Gasteiger partial charge in [0, 0.05) is 0 Å². The van der Waals surface area contributed by atoms with Gasteiger partial charge in [0.25, 0.3) is 0 Å². The van der Waals surface area contributed by atoms with Crippen LogP contribution in [-0.2, 0) is 0 Å². The van der Waals surface area contributed by atoms with Gasteiger partial charge in [0.2, 0.25) is 0 Å². The third-order valence-electron chi connectivity index (χ3n) is 3.04. The zero-order valence-electron chi connectivity index (χ0n) is 9.51. The molecule has 0 amide bonds. The van der Waals surface area contributed by atoms with Gasteiger partial charge in [-0.05, 0) is 25.0 Å². The molecule has 8 heteroatoms. The molecule has 1 fully saturated rings. The highest BCUT2D eigenvalue weighted by Crippen LogP contribution is 2.51. The van der Waals surface area contributed by atoms with E-state index in [2.05, 4.69) is 5.32 Å². The molecule has 0 heterocycles. The first kappa shape index (κ1) is 13.4. The van der Waals surface area contributed by atoms with Crippen molar-refractivity contribution in [3.05, 3.63) is 23.5 Å². The summed E-state index contributed by atoms with van der Waals surface area (Å²) < 4.78 is 51.6. The Labute approximate surface area is 105 Å². The van der Waals surface area contributed by atoms with Gasteiger partial charge in [-0.15, -0.1) is 0 Å². The molecule has 0 unspecified atom stereocenters. The number of carboxylic acids is 1. The predicted molar refractivity (Wildman–Crippen MR) is 59.4 cm³/mol. The third-order valence-corrected chi connectivity index (χ3v) is 3.04. The summed E-state index contributed by atoms with van der Waals surface area (Å²) >= 11 is 0. The van der Waals surface area contributed by atoms with Gasteiger partial charge in [0.1, 0.15) is 11.4 Å². The highest BCUT2D eigenvalue weighted by molar-refractivity contribution is 5.90. The fourth-order valence-electron chi connectivity index (χ4n) is 1.72. The Bertz CT molecular complexity index is 538. The zero-order valence-corrected chi connectivity index (χ0v) is 9.51. The van der Waals surface area contributed by atoms with Crippen LogP contribution in [0.1, 0.15) is 23.2 Å². The Morgan fingerprint density at radius 3 is 2.37 bits per heavy atom. The smallest absolute Gasteiger partial charge is 0.411 e. The lowest BCUT2D eigenvalue weighted by Gasteiger charge is -2.23. The quantitative estimate of drug-likeness (QED) is 0.587. The molecular weight excluding hydrogens is 268 g/mol. The molecule has 1 saturated carbocycles. The average molecular weight is 278 g/mol. The lowest BCUT2D eigenvalue weighted by molar-refractivity contribution is -0.151. The van der Waals surface area contributed by atoms with Crippen molar-refractivity contribution in [1.29, 1.82) is 0 Å². The molecule has 4 nitrogen and oxygen atoms in total. The van der Waals surface area contributed by atoms with Crippen molar-refractivity contribution < 1.29 is 27.5 Å². The first-order valence-corrected chi connectivity index (χ1v) is 5.33. The van der Waals surface area contributed by atoms with Crippen LogP contribution in [0.2, 0.25) is 0 Å². The van der Waals surface area contributed by atoms with E-state index in [9.17, 15) is 22.4 Å². The second kappa shape index (κ2) is 4.01. The number of nitrogens with two attached hydrogens (primary N) is 1. The number of anilines is 2. The van der Waals surface area contributed by atoms with Gasteiger partial charge in [-0.1, -0.05) is 0 Å². The monoisotopic (exact) mass is 278 g/mol. The maximum Gasteiger partial charge on any atom is 0.411 e. The van der Waals surface area contributed by atoms with Crippen molar-refractivity contribution in [2.45, 2.75) is 24.6 Å². The second-order valence-electron chi connectivity index (χ2n) is 4.43. The minimum atomic E-state index is -4.47. The fraction of sp³-hybridized carbons (Fsp3) is 0.364. The van der Waals surface area contributed by atoms with E-state index in [0.717, 1.165) is 6.07 Å². The van der Waals surface area contributed by atoms with Gasteiger partial charge in [-0.3, -0.25) is 0 Å². The standard InChI is InChI=1S/C11H10F4N2O2/c12-6-4-8(7(16)3-5(6)9(18)19)17-10(1-2-10)11(13,14)15/h3-4,17H,1-2,16H2,(H,18,19). The summed E-state index contributed by atoms with van der Waals surface area (Å²) in [5.41, 5.74) is 2.19. The van der Waals surface area contributed by atoms with Crippen LogP contribution in [0, 0.1) is 5.82 Å². The Hall–Kier alpha value is -1.99. The Morgan fingerprint density at radius 1 is 1.37 bits per heavy atom. The number of alkyl halides is 3. The predicted octanol–water partition coefficient (Wildman–Crippen LogP) is 2.61. The van der Waals surface area contributed by atoms with Crippen LogP contribution in [0.25, 0.3) is 0 Å². The van der Waals surface area contributed by atoms with Gasteiger partial charge in [-0.25, -0.2) is 9.18 Å². The van der Waals surface area contributed by atoms with Crippen molar-refractivity contribution in [2.75, 3.05) is 11.1 Å². The lowest BCUT2D eigenvalue weighted by Crippen LogP contribution is -2.38. The molecule has 104 valence electrons. The first-order valence-electron chi connectivity index (χ1n) is 5.33. The zero-order chi connectivity index (χ0) is 14.4. The molecule has 0 saturated heterocycles. The number of halogens is 4. The molecule has 0 aromatic heterocycles. The Kier molecular flexibility index (Phi) is 2.83. The van der Waals surface area contributed by atoms with Crippen molar-refractivity contribution >= 4 is 17.3 Å². The second-order valence-corrected chi connectivity index (χ2v) is 4.43. The van der Waals surface area contributed by atoms with Crippen LogP contribution in [0.5, 0.6) is 0 Å². The van der Waals surface area contributed by atoms with Crippen molar-refractivity contribution in [3.8, 4) is 0 Å². The molecule has 1 aliphatic rings. The van der Waals surface area contributed by atoms with Crippen LogP contribution in [0.4, 0.5) is 28.9 Å². The maximum atomic E-state index is 13.4. The van der Waals surface area contributed by atoms with Crippen LogP contribution >= 0.6 is 0 Å². The molecule has 4 N–H and O–H groups in total. The molecule has 0 atom stereocenters. The third kappa shape index (κ3) is 2.29. The molecule has 1 aliphatic carbocycles. The van der Waals surface area contributed by atoms with E-state index >= 15 is 0 Å². The van der Waals surface area contributed by atoms with Crippen molar-refractivity contribution in [1.82, 2.24) is 0 Å². The van der Waals surface area contributed by atoms with E-state index in [-0.39, 0.29) is 24.2 Å². The minimum absolute atomic E-state index is 0.127. The maximum absolute atomic E-state index is 13.4. The van der Waals surface area contributed by atoms with E-state index in [1.54, 1.807) is 0 Å². The van der Waals surface area contributed by atoms with Gasteiger partial charge in [0.15, 0.2) is 0 Å². The molecule has 0 radical (unpaired) electrons. The van der Waals surface area contributed by atoms with E-state index in [4.69, 9.17) is 10.8 Å². The average Bonchev–Trinajstić information content (AvgIpc) is 3.02. The number of hydrogen-bond donors (Lipinski definition) is 3. The summed E-state index contributed by atoms with van der Waals surface area (Å²) in [7, 11) is 0. The van der Waals surface area contributed by atoms with E-state index < -0.39 is 29.1 Å². The highest BCUT2D eigenvalue weighted by Gasteiger charge is 2.63. The van der Waals surface area contributed by atoms with Gasteiger partial charge >= 0.3 is 12.1 Å². The first-order chi connectivity index (χ1) is 8.66. The van der Waals surface area contributed by atoms with Crippen molar-refractivity contribution in [3.63, 3.8) is 0 Å². The lowest BCUT2D eigenvalue weighted by atomic mass is 10.1. The Balaban J connectivity index is 2.33. The van der Waals surface area contributed by atoms with Crippen LogP contribution < -0.4 is 11.1 Å². The molecule has 0 spiro atoms. The molecule has 19 heavy (non-hydrogen) atoms. The van der Waals surface area contributed by atoms with Gasteiger partial charge in [0.05, 0.1) is 16.9 Å². The molecule has 1 aromatic carbocycles. The molecular formula is C11H10F4N2O2. The number of nitrogens with one attached hydrogen (secondary N) is 1. The molecule has 1 aromatic rings. The number of rotatable bonds is 3. The van der Waals surface area contributed by atoms with Crippen LogP contribution in [-0.4, -0.2) is 22.8 Å². The van der Waals surface area contributed by atoms with Gasteiger partial charge < -0.3 is 16.2 Å². The molecule has 0 aliphatic heterocycles. The summed E-state index contributed by atoms with van der Waals surface area (Å²) in [5.74, 6) is -2.67. The fourth-order valence-corrected chi connectivity index (χ4v) is 1.72. The number of carbonyl (C=O) groups is 1. The number of nitrogen functional groups attached to an aromatic ring is 1. The highest BCUT2D eigenvalue weighted by atomic mass is 19.4. The normalized spacial score (nSPS) is 17.1. The summed E-state index contributed by atoms with van der Waals surface area (Å²) in [6, 6.07) is 1.47. The molecule has 2 rings (SSSR count). The number of hydrogen-bond acceptors (Lipinski definition) is 3. The number of carboxylic acid groups (broad SMARTS) is 1. The SMILES string of the molecule is Nc1cc(C(=O)O)c(F)cc1NC1(C(F)(F)F)CC1. The molecule has 0 bridgehead atoms. The van der Waals surface area contributed by atoms with E-state index in [1.165, 1.54) is 0 Å². The summed E-state index contributed by atoms with van der Waals surface area (Å²) in [6.45, 7) is 0. The van der Waals surface area contributed by atoms with Crippen LogP contribution in [0.15, 0.2) is 12.1 Å². The number of aromatic carboxylic acids is 1. The van der Waals surface area contributed by atoms with E-state index in [1.807, 2.05) is 0 Å².